The Labute approximate surface area is 153 Å². The average molecular weight is 364 g/mol. The van der Waals surface area contributed by atoms with E-state index in [4.69, 9.17) is 16.3 Å². The molecule has 1 heterocycles. The van der Waals surface area contributed by atoms with Gasteiger partial charge in [0.05, 0.1) is 24.2 Å². The summed E-state index contributed by atoms with van der Waals surface area (Å²) < 4.78 is 5.64. The topological polar surface area (TPSA) is 58.6 Å². The normalized spacial score (nSPS) is 33.8. The van der Waals surface area contributed by atoms with Crippen LogP contribution in [0.3, 0.4) is 0 Å². The monoisotopic (exact) mass is 363 g/mol. The van der Waals surface area contributed by atoms with Crippen LogP contribution in [0.2, 0.25) is 5.02 Å². The molecule has 4 nitrogen and oxygen atoms in total. The molecule has 0 unspecified atom stereocenters. The maximum Gasteiger partial charge on any atom is 0.230 e. The average Bonchev–Trinajstić information content (AvgIpc) is 3.12. The minimum atomic E-state index is -0.475. The van der Waals surface area contributed by atoms with Crippen LogP contribution < -0.4 is 5.32 Å². The van der Waals surface area contributed by atoms with E-state index in [2.05, 4.69) is 5.32 Å². The third kappa shape index (κ3) is 3.20. The molecule has 4 rings (SSSR count). The van der Waals surface area contributed by atoms with Crippen molar-refractivity contribution in [2.45, 2.75) is 68.6 Å². The zero-order valence-electron chi connectivity index (χ0n) is 14.4. The fourth-order valence-corrected chi connectivity index (χ4v) is 5.11. The molecule has 0 radical (unpaired) electrons. The predicted molar refractivity (Wildman–Crippen MR) is 96.6 cm³/mol. The maximum atomic E-state index is 13.3. The number of hydrogen-bond acceptors (Lipinski definition) is 3. The van der Waals surface area contributed by atoms with Gasteiger partial charge in [-0.15, -0.1) is 0 Å². The number of halogens is 1. The lowest BCUT2D eigenvalue weighted by Crippen LogP contribution is -2.56. The summed E-state index contributed by atoms with van der Waals surface area (Å²) in [6, 6.07) is 7.78. The molecular weight excluding hydrogens is 338 g/mol. The van der Waals surface area contributed by atoms with Crippen LogP contribution in [-0.2, 0) is 14.9 Å². The first-order valence-electron chi connectivity index (χ1n) is 9.45. The second-order valence-electron chi connectivity index (χ2n) is 7.88. The van der Waals surface area contributed by atoms with E-state index in [0.29, 0.717) is 11.6 Å². The summed E-state index contributed by atoms with van der Waals surface area (Å²) >= 11 is 6.03. The molecule has 0 aromatic heterocycles. The molecule has 5 heteroatoms. The molecule has 25 heavy (non-hydrogen) atoms. The standard InChI is InChI=1S/C20H26ClNO3/c21-14-5-3-13(4-6-14)20(9-1-2-10-20)19(24)22-17-8-7-15-11-16(17)18(23)12-25-15/h3-6,15-18,23H,1-2,7-12H2,(H,22,24)/t15-,16-,17+,18-/m0/s1. The Kier molecular flexibility index (Phi) is 4.78. The number of aliphatic hydroxyl groups excluding tert-OH is 1. The zero-order chi connectivity index (χ0) is 17.4. The molecular formula is C20H26ClNO3. The Morgan fingerprint density at radius 1 is 1.20 bits per heavy atom. The molecule has 2 aliphatic carbocycles. The van der Waals surface area contributed by atoms with Crippen molar-refractivity contribution in [1.29, 1.82) is 0 Å². The lowest BCUT2D eigenvalue weighted by atomic mass is 9.75. The third-order valence-corrected chi connectivity index (χ3v) is 6.71. The van der Waals surface area contributed by atoms with Crippen molar-refractivity contribution in [3.05, 3.63) is 34.9 Å². The smallest absolute Gasteiger partial charge is 0.230 e. The highest BCUT2D eigenvalue weighted by Gasteiger charge is 2.46. The molecule has 2 bridgehead atoms. The first-order valence-corrected chi connectivity index (χ1v) is 9.83. The molecule has 3 fully saturated rings. The zero-order valence-corrected chi connectivity index (χ0v) is 15.2. The van der Waals surface area contributed by atoms with E-state index < -0.39 is 11.5 Å². The highest BCUT2D eigenvalue weighted by atomic mass is 35.5. The molecule has 1 aliphatic heterocycles. The Morgan fingerprint density at radius 3 is 2.64 bits per heavy atom. The maximum absolute atomic E-state index is 13.3. The predicted octanol–water partition coefficient (Wildman–Crippen LogP) is 3.20. The van der Waals surface area contributed by atoms with Gasteiger partial charge in [-0.05, 0) is 49.8 Å². The highest BCUT2D eigenvalue weighted by molar-refractivity contribution is 6.30. The summed E-state index contributed by atoms with van der Waals surface area (Å²) in [5.74, 6) is 0.231. The molecule has 4 atom stereocenters. The summed E-state index contributed by atoms with van der Waals surface area (Å²) in [4.78, 5) is 13.3. The number of hydrogen-bond donors (Lipinski definition) is 2. The summed E-state index contributed by atoms with van der Waals surface area (Å²) in [6.07, 6.45) is 6.37. The van der Waals surface area contributed by atoms with Gasteiger partial charge in [-0.2, -0.15) is 0 Å². The Morgan fingerprint density at radius 2 is 1.92 bits per heavy atom. The van der Waals surface area contributed by atoms with Gasteiger partial charge in [0, 0.05) is 17.0 Å². The highest BCUT2D eigenvalue weighted by Crippen LogP contribution is 2.42. The third-order valence-electron chi connectivity index (χ3n) is 6.45. The van der Waals surface area contributed by atoms with Crippen LogP contribution in [0.5, 0.6) is 0 Å². The lowest BCUT2D eigenvalue weighted by molar-refractivity contribution is -0.136. The van der Waals surface area contributed by atoms with Crippen molar-refractivity contribution < 1.29 is 14.6 Å². The Balaban J connectivity index is 1.54. The van der Waals surface area contributed by atoms with Crippen LogP contribution in [0.4, 0.5) is 0 Å². The quantitative estimate of drug-likeness (QED) is 0.867. The first kappa shape index (κ1) is 17.3. The van der Waals surface area contributed by atoms with Gasteiger partial charge in [0.2, 0.25) is 5.91 Å². The van der Waals surface area contributed by atoms with E-state index in [1.165, 1.54) is 0 Å². The van der Waals surface area contributed by atoms with E-state index in [9.17, 15) is 9.90 Å². The van der Waals surface area contributed by atoms with Crippen LogP contribution in [0, 0.1) is 5.92 Å². The number of nitrogens with one attached hydrogen (secondary N) is 1. The number of amides is 1. The molecule has 1 aromatic rings. The van der Waals surface area contributed by atoms with Crippen molar-refractivity contribution in [3.8, 4) is 0 Å². The molecule has 2 N–H and O–H groups in total. The van der Waals surface area contributed by atoms with Gasteiger partial charge in [-0.3, -0.25) is 4.79 Å². The number of aliphatic hydroxyl groups is 1. The number of carbonyl (C=O) groups excluding carboxylic acids is 1. The number of carbonyl (C=O) groups is 1. The number of ether oxygens (including phenoxy) is 1. The SMILES string of the molecule is O=C(N[C@@H]1CC[C@H]2C[C@@H]1[C@@H](O)CO2)C1(c2ccc(Cl)cc2)CCCC1. The van der Waals surface area contributed by atoms with E-state index in [1.807, 2.05) is 24.3 Å². The van der Waals surface area contributed by atoms with Crippen molar-refractivity contribution in [1.82, 2.24) is 5.32 Å². The fraction of sp³-hybridized carbons (Fsp3) is 0.650. The number of fused-ring (bicyclic) bond motifs is 2. The molecule has 3 aliphatic rings. The Bertz CT molecular complexity index is 626. The molecule has 1 saturated heterocycles. The molecule has 1 aromatic carbocycles. The molecule has 0 spiro atoms. The van der Waals surface area contributed by atoms with Crippen molar-refractivity contribution >= 4 is 17.5 Å². The van der Waals surface area contributed by atoms with Gasteiger partial charge in [0.25, 0.3) is 0 Å². The molecule has 136 valence electrons. The second-order valence-corrected chi connectivity index (χ2v) is 8.31. The second kappa shape index (κ2) is 6.90. The van der Waals surface area contributed by atoms with Gasteiger partial charge in [0.15, 0.2) is 0 Å². The van der Waals surface area contributed by atoms with E-state index in [-0.39, 0.29) is 24.0 Å². The van der Waals surface area contributed by atoms with E-state index >= 15 is 0 Å². The van der Waals surface area contributed by atoms with Crippen LogP contribution in [0.15, 0.2) is 24.3 Å². The van der Waals surface area contributed by atoms with Gasteiger partial charge in [-0.25, -0.2) is 0 Å². The lowest BCUT2D eigenvalue weighted by Gasteiger charge is -2.44. The van der Waals surface area contributed by atoms with Gasteiger partial charge < -0.3 is 15.2 Å². The van der Waals surface area contributed by atoms with Gasteiger partial charge in [-0.1, -0.05) is 36.6 Å². The van der Waals surface area contributed by atoms with Crippen molar-refractivity contribution in [3.63, 3.8) is 0 Å². The van der Waals surface area contributed by atoms with Gasteiger partial charge in [0.1, 0.15) is 0 Å². The van der Waals surface area contributed by atoms with Crippen LogP contribution in [-0.4, -0.2) is 35.9 Å². The Hall–Kier alpha value is -1.10. The van der Waals surface area contributed by atoms with Crippen molar-refractivity contribution in [2.75, 3.05) is 6.61 Å². The fourth-order valence-electron chi connectivity index (χ4n) is 4.98. The van der Waals surface area contributed by atoms with Gasteiger partial charge >= 0.3 is 0 Å². The summed E-state index contributed by atoms with van der Waals surface area (Å²) in [6.45, 7) is 0.393. The summed E-state index contributed by atoms with van der Waals surface area (Å²) in [5, 5.41) is 14.3. The first-order chi connectivity index (χ1) is 12.1. The minimum absolute atomic E-state index is 0.0485. The molecule has 2 saturated carbocycles. The summed E-state index contributed by atoms with van der Waals surface area (Å²) in [7, 11) is 0. The number of rotatable bonds is 3. The largest absolute Gasteiger partial charge is 0.390 e. The van der Waals surface area contributed by atoms with E-state index in [1.54, 1.807) is 0 Å². The molecule has 1 amide bonds. The number of benzene rings is 1. The van der Waals surface area contributed by atoms with Crippen LogP contribution >= 0.6 is 11.6 Å². The minimum Gasteiger partial charge on any atom is -0.390 e. The van der Waals surface area contributed by atoms with Crippen LogP contribution in [0.25, 0.3) is 0 Å². The van der Waals surface area contributed by atoms with E-state index in [0.717, 1.165) is 50.5 Å². The van der Waals surface area contributed by atoms with Crippen molar-refractivity contribution in [2.24, 2.45) is 5.92 Å². The summed E-state index contributed by atoms with van der Waals surface area (Å²) in [5.41, 5.74) is 0.616. The van der Waals surface area contributed by atoms with Crippen LogP contribution in [0.1, 0.15) is 50.5 Å².